The normalized spacial score (nSPS) is 49.2. The highest BCUT2D eigenvalue weighted by atomic mass is 16.5. The van der Waals surface area contributed by atoms with Crippen LogP contribution in [0.15, 0.2) is 0 Å². The van der Waals surface area contributed by atoms with Crippen LogP contribution in [-0.2, 0) is 9.53 Å². The summed E-state index contributed by atoms with van der Waals surface area (Å²) >= 11 is 0. The summed E-state index contributed by atoms with van der Waals surface area (Å²) in [6.45, 7) is 4.77. The van der Waals surface area contributed by atoms with E-state index in [2.05, 4.69) is 18.6 Å². The molecule has 19 heavy (non-hydrogen) atoms. The second-order valence-corrected chi connectivity index (χ2v) is 7.22. The average Bonchev–Trinajstić information content (AvgIpc) is 3.02. The lowest BCUT2D eigenvalue weighted by Gasteiger charge is -2.36. The Hall–Kier alpha value is -0.570. The molecule has 3 fully saturated rings. The largest absolute Gasteiger partial charge is 0.469 e. The van der Waals surface area contributed by atoms with Gasteiger partial charge in [0.15, 0.2) is 0 Å². The van der Waals surface area contributed by atoms with Gasteiger partial charge in [0, 0.05) is 0 Å². The Morgan fingerprint density at radius 1 is 1.26 bits per heavy atom. The first-order valence-corrected chi connectivity index (χ1v) is 7.77. The highest BCUT2D eigenvalue weighted by molar-refractivity contribution is 5.69. The minimum Gasteiger partial charge on any atom is -0.469 e. The van der Waals surface area contributed by atoms with Crippen molar-refractivity contribution in [3.8, 4) is 0 Å². The number of fused-ring (bicyclic) bond motifs is 5. The van der Waals surface area contributed by atoms with Crippen molar-refractivity contribution in [2.75, 3.05) is 7.11 Å². The number of rotatable bonds is 3. The number of ether oxygens (including phenoxy) is 1. The molecular weight excluding hydrogens is 240 g/mol. The van der Waals surface area contributed by atoms with Gasteiger partial charge in [0.2, 0.25) is 0 Å². The van der Waals surface area contributed by atoms with Gasteiger partial charge in [-0.2, -0.15) is 0 Å². The lowest BCUT2D eigenvalue weighted by molar-refractivity contribution is -0.144. The molecule has 0 heterocycles. The van der Waals surface area contributed by atoms with Crippen molar-refractivity contribution < 1.29 is 14.6 Å². The van der Waals surface area contributed by atoms with Crippen LogP contribution in [0.25, 0.3) is 0 Å². The topological polar surface area (TPSA) is 46.5 Å². The smallest absolute Gasteiger partial charge is 0.308 e. The minimum atomic E-state index is -0.494. The van der Waals surface area contributed by atoms with E-state index in [1.54, 1.807) is 0 Å². The van der Waals surface area contributed by atoms with Crippen molar-refractivity contribution in [1.82, 2.24) is 0 Å². The van der Waals surface area contributed by atoms with Crippen LogP contribution in [0, 0.1) is 41.4 Å². The van der Waals surface area contributed by atoms with Crippen molar-refractivity contribution in [2.45, 2.75) is 45.6 Å². The Morgan fingerprint density at radius 2 is 2.00 bits per heavy atom. The van der Waals surface area contributed by atoms with E-state index in [1.807, 2.05) is 0 Å². The molecule has 3 heteroatoms. The maximum absolute atomic E-state index is 11.3. The molecule has 2 bridgehead atoms. The molecule has 3 aliphatic carbocycles. The van der Waals surface area contributed by atoms with E-state index in [-0.39, 0.29) is 12.4 Å². The van der Waals surface area contributed by atoms with Crippen molar-refractivity contribution in [3.05, 3.63) is 0 Å². The Bertz CT molecular complexity index is 367. The Kier molecular flexibility index (Phi) is 3.36. The van der Waals surface area contributed by atoms with Crippen LogP contribution in [-0.4, -0.2) is 24.3 Å². The second kappa shape index (κ2) is 4.76. The van der Waals surface area contributed by atoms with Gasteiger partial charge >= 0.3 is 5.97 Å². The van der Waals surface area contributed by atoms with E-state index in [0.29, 0.717) is 11.8 Å². The van der Waals surface area contributed by atoms with Crippen LogP contribution in [0.4, 0.5) is 0 Å². The molecule has 0 aromatic carbocycles. The van der Waals surface area contributed by atoms with Gasteiger partial charge < -0.3 is 9.84 Å². The summed E-state index contributed by atoms with van der Waals surface area (Å²) in [5.74, 6) is 4.82. The molecule has 0 saturated heterocycles. The Labute approximate surface area is 115 Å². The SMILES string of the molecule is COC(=O)CC(O)C1CC2CC1C1C(C)C(C)CC21. The van der Waals surface area contributed by atoms with Gasteiger partial charge in [0.05, 0.1) is 19.6 Å². The molecular formula is C16H26O3. The molecule has 3 nitrogen and oxygen atoms in total. The lowest BCUT2D eigenvalue weighted by Crippen LogP contribution is -2.35. The molecule has 0 spiro atoms. The van der Waals surface area contributed by atoms with E-state index < -0.39 is 6.10 Å². The number of carbonyl (C=O) groups excluding carboxylic acids is 1. The van der Waals surface area contributed by atoms with Crippen LogP contribution in [0.3, 0.4) is 0 Å². The Morgan fingerprint density at radius 3 is 2.68 bits per heavy atom. The maximum Gasteiger partial charge on any atom is 0.308 e. The summed E-state index contributed by atoms with van der Waals surface area (Å²) in [5, 5.41) is 10.3. The molecule has 0 aromatic heterocycles. The summed E-state index contributed by atoms with van der Waals surface area (Å²) in [4.78, 5) is 11.3. The van der Waals surface area contributed by atoms with Crippen LogP contribution >= 0.6 is 0 Å². The van der Waals surface area contributed by atoms with Crippen LogP contribution < -0.4 is 0 Å². The quantitative estimate of drug-likeness (QED) is 0.798. The number of aliphatic hydroxyl groups excluding tert-OH is 1. The van der Waals surface area contributed by atoms with E-state index in [9.17, 15) is 9.90 Å². The molecule has 8 unspecified atom stereocenters. The molecule has 108 valence electrons. The fourth-order valence-corrected chi connectivity index (χ4v) is 5.57. The van der Waals surface area contributed by atoms with Crippen LogP contribution in [0.2, 0.25) is 0 Å². The number of hydrogen-bond donors (Lipinski definition) is 1. The predicted octanol–water partition coefficient (Wildman–Crippen LogP) is 2.47. The van der Waals surface area contributed by atoms with Gasteiger partial charge in [-0.05, 0) is 60.7 Å². The summed E-state index contributed by atoms with van der Waals surface area (Å²) in [7, 11) is 1.40. The predicted molar refractivity (Wildman–Crippen MR) is 72.3 cm³/mol. The van der Waals surface area contributed by atoms with E-state index in [0.717, 1.165) is 36.0 Å². The van der Waals surface area contributed by atoms with E-state index >= 15 is 0 Å². The number of aliphatic hydroxyl groups is 1. The van der Waals surface area contributed by atoms with Crippen molar-refractivity contribution in [1.29, 1.82) is 0 Å². The molecule has 3 rings (SSSR count). The van der Waals surface area contributed by atoms with Crippen LogP contribution in [0.5, 0.6) is 0 Å². The zero-order chi connectivity index (χ0) is 13.7. The van der Waals surface area contributed by atoms with Gasteiger partial charge in [0.25, 0.3) is 0 Å². The zero-order valence-electron chi connectivity index (χ0n) is 12.2. The average molecular weight is 266 g/mol. The number of carbonyl (C=O) groups is 1. The zero-order valence-corrected chi connectivity index (χ0v) is 12.2. The van der Waals surface area contributed by atoms with Gasteiger partial charge in [-0.1, -0.05) is 13.8 Å². The highest BCUT2D eigenvalue weighted by Crippen LogP contribution is 2.64. The van der Waals surface area contributed by atoms with Crippen molar-refractivity contribution in [2.24, 2.45) is 41.4 Å². The minimum absolute atomic E-state index is 0.172. The van der Waals surface area contributed by atoms with Crippen LogP contribution in [0.1, 0.15) is 39.5 Å². The van der Waals surface area contributed by atoms with Crippen molar-refractivity contribution >= 4 is 5.97 Å². The number of methoxy groups -OCH3 is 1. The summed E-state index contributed by atoms with van der Waals surface area (Å²) < 4.78 is 4.69. The molecule has 0 amide bonds. The van der Waals surface area contributed by atoms with Gasteiger partial charge in [0.1, 0.15) is 0 Å². The lowest BCUT2D eigenvalue weighted by atomic mass is 9.70. The van der Waals surface area contributed by atoms with E-state index in [4.69, 9.17) is 0 Å². The number of esters is 1. The third kappa shape index (κ3) is 2.01. The molecule has 0 aliphatic heterocycles. The van der Waals surface area contributed by atoms with Gasteiger partial charge in [-0.25, -0.2) is 0 Å². The van der Waals surface area contributed by atoms with E-state index in [1.165, 1.54) is 20.0 Å². The molecule has 1 N–H and O–H groups in total. The molecule has 3 aliphatic rings. The molecule has 8 atom stereocenters. The molecule has 3 saturated carbocycles. The molecule has 0 radical (unpaired) electrons. The first-order chi connectivity index (χ1) is 9.02. The third-order valence-electron chi connectivity index (χ3n) is 6.54. The summed E-state index contributed by atoms with van der Waals surface area (Å²) in [6.07, 6.45) is 3.48. The standard InChI is InChI=1S/C16H26O3/c1-8-4-11-10-5-12(14(17)7-15(18)19-3)13(6-10)16(11)9(8)2/h8-14,16-17H,4-7H2,1-3H3. The van der Waals surface area contributed by atoms with Gasteiger partial charge in [-0.15, -0.1) is 0 Å². The monoisotopic (exact) mass is 266 g/mol. The summed E-state index contributed by atoms with van der Waals surface area (Å²) in [5.41, 5.74) is 0. The van der Waals surface area contributed by atoms with Gasteiger partial charge in [-0.3, -0.25) is 4.79 Å². The number of hydrogen-bond acceptors (Lipinski definition) is 3. The maximum atomic E-state index is 11.3. The first-order valence-electron chi connectivity index (χ1n) is 7.77. The fourth-order valence-electron chi connectivity index (χ4n) is 5.57. The third-order valence-corrected chi connectivity index (χ3v) is 6.54. The molecule has 0 aromatic rings. The summed E-state index contributed by atoms with van der Waals surface area (Å²) in [6, 6.07) is 0. The fraction of sp³-hybridized carbons (Fsp3) is 0.938. The highest BCUT2D eigenvalue weighted by Gasteiger charge is 2.58. The second-order valence-electron chi connectivity index (χ2n) is 7.22. The Balaban J connectivity index is 1.70. The van der Waals surface area contributed by atoms with Crippen molar-refractivity contribution in [3.63, 3.8) is 0 Å². The first kappa shape index (κ1) is 13.4.